The van der Waals surface area contributed by atoms with Gasteiger partial charge in [-0.3, -0.25) is 4.79 Å². The molecule has 1 saturated carbocycles. The van der Waals surface area contributed by atoms with Crippen molar-refractivity contribution in [3.05, 3.63) is 16.1 Å². The van der Waals surface area contributed by atoms with Crippen LogP contribution in [0.4, 0.5) is 0 Å². The smallest absolute Gasteiger partial charge is 0.222 e. The lowest BCUT2D eigenvalue weighted by atomic mass is 9.97. The number of carbonyl (C=O) groups excluding carboxylic acids is 1. The first-order chi connectivity index (χ1) is 9.68. The van der Waals surface area contributed by atoms with Crippen LogP contribution in [0.5, 0.6) is 0 Å². The summed E-state index contributed by atoms with van der Waals surface area (Å²) in [6.45, 7) is 3.07. The molecule has 2 aliphatic rings. The monoisotopic (exact) mass is 365 g/mol. The highest BCUT2D eigenvalue weighted by Gasteiger charge is 2.39. The van der Waals surface area contributed by atoms with Crippen LogP contribution in [0.15, 0.2) is 5.38 Å². The van der Waals surface area contributed by atoms with Gasteiger partial charge in [0.2, 0.25) is 5.91 Å². The number of carbonyl (C=O) groups is 1. The number of aryl methyl sites for hydroxylation is 1. The third kappa shape index (κ3) is 4.34. The number of hydrogen-bond acceptors (Lipinski definition) is 4. The Balaban J connectivity index is 0.00000121. The molecule has 2 N–H and O–H groups in total. The van der Waals surface area contributed by atoms with Gasteiger partial charge in [-0.15, -0.1) is 36.2 Å². The van der Waals surface area contributed by atoms with E-state index in [9.17, 15) is 4.79 Å². The zero-order valence-corrected chi connectivity index (χ0v) is 15.3. The lowest BCUT2D eigenvalue weighted by Crippen LogP contribution is -2.45. The summed E-state index contributed by atoms with van der Waals surface area (Å²) >= 11 is 1.69. The molecule has 0 bridgehead atoms. The molecule has 3 rings (SSSR count). The van der Waals surface area contributed by atoms with Crippen LogP contribution < -0.4 is 10.6 Å². The van der Waals surface area contributed by atoms with E-state index in [0.29, 0.717) is 12.5 Å². The molecule has 0 spiro atoms. The molecule has 1 aromatic rings. The molecule has 1 aromatic heterocycles. The second-order valence-corrected chi connectivity index (χ2v) is 6.99. The fourth-order valence-corrected chi connectivity index (χ4v) is 4.43. The molecule has 2 heterocycles. The van der Waals surface area contributed by atoms with E-state index >= 15 is 0 Å². The maximum Gasteiger partial charge on any atom is 0.222 e. The number of thiazole rings is 1. The summed E-state index contributed by atoms with van der Waals surface area (Å²) in [6, 6.07) is 0.367. The van der Waals surface area contributed by atoms with Crippen LogP contribution in [0, 0.1) is 6.92 Å². The number of aromatic nitrogens is 1. The number of halogens is 2. The topological polar surface area (TPSA) is 54.0 Å². The van der Waals surface area contributed by atoms with Gasteiger partial charge in [-0.25, -0.2) is 4.98 Å². The van der Waals surface area contributed by atoms with Crippen LogP contribution in [0.3, 0.4) is 0 Å². The van der Waals surface area contributed by atoms with E-state index in [1.54, 1.807) is 11.3 Å². The standard InChI is InChI=1S/C15H23N3OS.2ClH/c1-11-10-20-14(17-11)15(6-2-3-7-15)18-13(19)9-12-5-4-8-16-12;;/h10,12,16H,2-9H2,1H3,(H,18,19);2*1H. The van der Waals surface area contributed by atoms with Gasteiger partial charge in [-0.1, -0.05) is 12.8 Å². The van der Waals surface area contributed by atoms with Gasteiger partial charge in [-0.2, -0.15) is 0 Å². The van der Waals surface area contributed by atoms with Gasteiger partial charge in [0.15, 0.2) is 0 Å². The van der Waals surface area contributed by atoms with Crippen molar-refractivity contribution in [2.45, 2.75) is 63.5 Å². The Bertz CT molecular complexity index is 483. The molecule has 7 heteroatoms. The highest BCUT2D eigenvalue weighted by atomic mass is 35.5. The molecule has 1 unspecified atom stereocenters. The quantitative estimate of drug-likeness (QED) is 0.860. The molecule has 0 aromatic carbocycles. The molecular weight excluding hydrogens is 341 g/mol. The van der Waals surface area contributed by atoms with Crippen molar-refractivity contribution < 1.29 is 4.79 Å². The zero-order chi connectivity index (χ0) is 14.0. The van der Waals surface area contributed by atoms with E-state index < -0.39 is 0 Å². The molecule has 22 heavy (non-hydrogen) atoms. The fraction of sp³-hybridized carbons (Fsp3) is 0.733. The Morgan fingerprint density at radius 3 is 2.68 bits per heavy atom. The summed E-state index contributed by atoms with van der Waals surface area (Å²) in [5.41, 5.74) is 0.872. The predicted molar refractivity (Wildman–Crippen MR) is 95.3 cm³/mol. The molecule has 1 amide bonds. The van der Waals surface area contributed by atoms with E-state index in [-0.39, 0.29) is 36.3 Å². The van der Waals surface area contributed by atoms with Gasteiger partial charge in [0, 0.05) is 23.5 Å². The first-order valence-corrected chi connectivity index (χ1v) is 8.53. The molecule has 1 aliphatic carbocycles. The van der Waals surface area contributed by atoms with Gasteiger partial charge in [-0.05, 0) is 39.2 Å². The maximum absolute atomic E-state index is 12.4. The number of nitrogens with one attached hydrogen (secondary N) is 2. The Kier molecular flexibility index (Phi) is 7.59. The van der Waals surface area contributed by atoms with E-state index in [4.69, 9.17) is 0 Å². The first-order valence-electron chi connectivity index (χ1n) is 7.65. The number of rotatable bonds is 4. The Morgan fingerprint density at radius 1 is 1.41 bits per heavy atom. The van der Waals surface area contributed by atoms with Crippen LogP contribution in [0.1, 0.15) is 55.6 Å². The minimum absolute atomic E-state index is 0. The van der Waals surface area contributed by atoms with Crippen LogP contribution in [-0.4, -0.2) is 23.5 Å². The van der Waals surface area contributed by atoms with E-state index in [1.165, 1.54) is 19.3 Å². The Hall–Kier alpha value is -0.360. The van der Waals surface area contributed by atoms with E-state index in [1.807, 2.05) is 6.92 Å². The van der Waals surface area contributed by atoms with Crippen molar-refractivity contribution in [1.82, 2.24) is 15.6 Å². The van der Waals surface area contributed by atoms with Gasteiger partial charge < -0.3 is 10.6 Å². The lowest BCUT2D eigenvalue weighted by molar-refractivity contribution is -0.123. The van der Waals surface area contributed by atoms with Gasteiger partial charge in [0.25, 0.3) is 0 Å². The molecule has 126 valence electrons. The normalized spacial score (nSPS) is 22.7. The predicted octanol–water partition coefficient (Wildman–Crippen LogP) is 3.32. The fourth-order valence-electron chi connectivity index (χ4n) is 3.42. The SMILES string of the molecule is Cc1csc(C2(NC(=O)CC3CCCN3)CCCC2)n1.Cl.Cl. The second kappa shape index (κ2) is 8.48. The average Bonchev–Trinajstić information content (AvgIpc) is 3.11. The molecule has 4 nitrogen and oxygen atoms in total. The summed E-state index contributed by atoms with van der Waals surface area (Å²) in [5, 5.41) is 9.89. The van der Waals surface area contributed by atoms with Crippen LogP contribution in [0.25, 0.3) is 0 Å². The van der Waals surface area contributed by atoms with Crippen LogP contribution in [-0.2, 0) is 10.3 Å². The molecule has 1 saturated heterocycles. The van der Waals surface area contributed by atoms with Crippen molar-refractivity contribution in [1.29, 1.82) is 0 Å². The van der Waals surface area contributed by atoms with Crippen molar-refractivity contribution >= 4 is 42.1 Å². The highest BCUT2D eigenvalue weighted by Crippen LogP contribution is 2.40. The average molecular weight is 366 g/mol. The first kappa shape index (κ1) is 19.7. The van der Waals surface area contributed by atoms with Crippen LogP contribution >= 0.6 is 36.2 Å². The summed E-state index contributed by atoms with van der Waals surface area (Å²) in [7, 11) is 0. The van der Waals surface area contributed by atoms with Crippen molar-refractivity contribution in [3.8, 4) is 0 Å². The third-order valence-corrected chi connectivity index (χ3v) is 5.62. The van der Waals surface area contributed by atoms with Crippen LogP contribution in [0.2, 0.25) is 0 Å². The third-order valence-electron chi connectivity index (χ3n) is 4.46. The minimum Gasteiger partial charge on any atom is -0.344 e. The van der Waals surface area contributed by atoms with E-state index in [2.05, 4.69) is 21.0 Å². The summed E-state index contributed by atoms with van der Waals surface area (Å²) < 4.78 is 0. The number of hydrogen-bond donors (Lipinski definition) is 2. The van der Waals surface area contributed by atoms with Crippen molar-refractivity contribution in [3.63, 3.8) is 0 Å². The van der Waals surface area contributed by atoms with Gasteiger partial charge in [0.1, 0.15) is 5.01 Å². The maximum atomic E-state index is 12.4. The minimum atomic E-state index is -0.186. The molecular formula is C15H25Cl2N3OS. The highest BCUT2D eigenvalue weighted by molar-refractivity contribution is 7.09. The van der Waals surface area contributed by atoms with Gasteiger partial charge >= 0.3 is 0 Å². The lowest BCUT2D eigenvalue weighted by Gasteiger charge is -2.28. The largest absolute Gasteiger partial charge is 0.344 e. The van der Waals surface area contributed by atoms with Crippen molar-refractivity contribution in [2.24, 2.45) is 0 Å². The summed E-state index contributed by atoms with van der Waals surface area (Å²) in [5.74, 6) is 0.180. The second-order valence-electron chi connectivity index (χ2n) is 6.13. The summed E-state index contributed by atoms with van der Waals surface area (Å²) in [4.78, 5) is 17.0. The zero-order valence-electron chi connectivity index (χ0n) is 12.9. The summed E-state index contributed by atoms with van der Waals surface area (Å²) in [6.07, 6.45) is 7.34. The Morgan fingerprint density at radius 2 is 2.14 bits per heavy atom. The molecule has 2 fully saturated rings. The molecule has 1 aliphatic heterocycles. The Labute approximate surface area is 148 Å². The van der Waals surface area contributed by atoms with Crippen molar-refractivity contribution in [2.75, 3.05) is 6.54 Å². The molecule has 1 atom stereocenters. The van der Waals surface area contributed by atoms with Gasteiger partial charge in [0.05, 0.1) is 5.54 Å². The number of amides is 1. The molecule has 0 radical (unpaired) electrons. The van der Waals surface area contributed by atoms with E-state index in [0.717, 1.165) is 36.5 Å². The number of nitrogens with zero attached hydrogens (tertiary/aromatic N) is 1.